The summed E-state index contributed by atoms with van der Waals surface area (Å²) in [6.07, 6.45) is 3.92. The molecule has 4 heteroatoms. The zero-order chi connectivity index (χ0) is 11.5. The molecule has 2 fully saturated rings. The molecule has 2 aliphatic rings. The summed E-state index contributed by atoms with van der Waals surface area (Å²) >= 11 is 0. The number of rotatable bonds is 3. The minimum absolute atomic E-state index is 0.0126. The summed E-state index contributed by atoms with van der Waals surface area (Å²) in [6, 6.07) is 0.380. The Labute approximate surface area is 97.7 Å². The van der Waals surface area contributed by atoms with Crippen molar-refractivity contribution in [1.29, 1.82) is 0 Å². The average molecular weight is 228 g/mol. The molecule has 16 heavy (non-hydrogen) atoms. The van der Waals surface area contributed by atoms with Gasteiger partial charge in [-0.05, 0) is 25.7 Å². The predicted octanol–water partition coefficient (Wildman–Crippen LogP) is 0.195. The number of ether oxygens (including phenoxy) is 1. The maximum absolute atomic E-state index is 9.16. The molecule has 4 unspecified atom stereocenters. The molecule has 1 aliphatic heterocycles. The Morgan fingerprint density at radius 2 is 2.19 bits per heavy atom. The molecule has 1 saturated carbocycles. The van der Waals surface area contributed by atoms with E-state index in [0.717, 1.165) is 19.6 Å². The van der Waals surface area contributed by atoms with E-state index in [1.54, 1.807) is 0 Å². The first-order valence-corrected chi connectivity index (χ1v) is 6.43. The van der Waals surface area contributed by atoms with Crippen molar-refractivity contribution in [3.63, 3.8) is 0 Å². The summed E-state index contributed by atoms with van der Waals surface area (Å²) in [5.74, 6) is 0.643. The highest BCUT2D eigenvalue weighted by atomic mass is 16.5. The number of nitrogens with zero attached hydrogens (tertiary/aromatic N) is 1. The molecular weight excluding hydrogens is 204 g/mol. The molecule has 0 aromatic heterocycles. The third-order valence-corrected chi connectivity index (χ3v) is 3.82. The summed E-state index contributed by atoms with van der Waals surface area (Å²) in [5.41, 5.74) is 6.09. The van der Waals surface area contributed by atoms with Gasteiger partial charge in [0, 0.05) is 25.7 Å². The Balaban J connectivity index is 1.84. The first-order chi connectivity index (χ1) is 7.69. The highest BCUT2D eigenvalue weighted by Gasteiger charge is 2.30. The van der Waals surface area contributed by atoms with E-state index < -0.39 is 0 Å². The summed E-state index contributed by atoms with van der Waals surface area (Å²) in [4.78, 5) is 2.41. The molecule has 4 atom stereocenters. The second-order valence-electron chi connectivity index (χ2n) is 5.32. The maximum atomic E-state index is 9.16. The van der Waals surface area contributed by atoms with Gasteiger partial charge in [-0.1, -0.05) is 6.42 Å². The van der Waals surface area contributed by atoms with E-state index >= 15 is 0 Å². The number of hydrogen-bond acceptors (Lipinski definition) is 4. The fourth-order valence-corrected chi connectivity index (χ4v) is 3.01. The average Bonchev–Trinajstić information content (AvgIpc) is 2.63. The lowest BCUT2D eigenvalue weighted by atomic mass is 10.0. The van der Waals surface area contributed by atoms with Crippen LogP contribution in [-0.2, 0) is 4.74 Å². The zero-order valence-electron chi connectivity index (χ0n) is 10.1. The van der Waals surface area contributed by atoms with Crippen LogP contribution in [0.3, 0.4) is 0 Å². The minimum atomic E-state index is -0.0126. The van der Waals surface area contributed by atoms with E-state index in [0.29, 0.717) is 12.0 Å². The molecular formula is C12H24N2O2. The molecule has 0 spiro atoms. The van der Waals surface area contributed by atoms with Crippen LogP contribution in [0.2, 0.25) is 0 Å². The molecule has 0 aromatic carbocycles. The second-order valence-corrected chi connectivity index (χ2v) is 5.32. The van der Waals surface area contributed by atoms with E-state index in [9.17, 15) is 0 Å². The zero-order valence-corrected chi connectivity index (χ0v) is 10.1. The first-order valence-electron chi connectivity index (χ1n) is 6.43. The van der Waals surface area contributed by atoms with Crippen molar-refractivity contribution in [2.75, 3.05) is 26.2 Å². The van der Waals surface area contributed by atoms with Gasteiger partial charge in [-0.15, -0.1) is 0 Å². The Bertz CT molecular complexity index is 225. The Morgan fingerprint density at radius 1 is 1.38 bits per heavy atom. The Morgan fingerprint density at radius 3 is 2.81 bits per heavy atom. The quantitative estimate of drug-likeness (QED) is 0.724. The highest BCUT2D eigenvalue weighted by molar-refractivity contribution is 4.85. The van der Waals surface area contributed by atoms with Crippen molar-refractivity contribution in [3.05, 3.63) is 0 Å². The third-order valence-electron chi connectivity index (χ3n) is 3.82. The summed E-state index contributed by atoms with van der Waals surface area (Å²) in [6.45, 7) is 5.09. The normalized spacial score (nSPS) is 41.4. The van der Waals surface area contributed by atoms with E-state index in [-0.39, 0.29) is 18.8 Å². The van der Waals surface area contributed by atoms with E-state index in [1.807, 2.05) is 0 Å². The van der Waals surface area contributed by atoms with Crippen LogP contribution in [0, 0.1) is 5.92 Å². The lowest BCUT2D eigenvalue weighted by molar-refractivity contribution is -0.0979. The van der Waals surface area contributed by atoms with Gasteiger partial charge in [0.1, 0.15) is 0 Å². The Kier molecular flexibility index (Phi) is 4.19. The lowest BCUT2D eigenvalue weighted by Gasteiger charge is -2.37. The van der Waals surface area contributed by atoms with Crippen LogP contribution in [0.5, 0.6) is 0 Å². The number of aliphatic hydroxyl groups is 1. The number of nitrogens with two attached hydrogens (primary N) is 1. The minimum Gasteiger partial charge on any atom is -0.394 e. The molecule has 0 aromatic rings. The van der Waals surface area contributed by atoms with Crippen LogP contribution in [0.4, 0.5) is 0 Å². The van der Waals surface area contributed by atoms with Gasteiger partial charge >= 0.3 is 0 Å². The highest BCUT2D eigenvalue weighted by Crippen LogP contribution is 2.25. The summed E-state index contributed by atoms with van der Waals surface area (Å²) in [5, 5.41) is 9.16. The van der Waals surface area contributed by atoms with Crippen LogP contribution >= 0.6 is 0 Å². The van der Waals surface area contributed by atoms with E-state index in [4.69, 9.17) is 15.6 Å². The fourth-order valence-electron chi connectivity index (χ4n) is 3.01. The monoisotopic (exact) mass is 228 g/mol. The van der Waals surface area contributed by atoms with Gasteiger partial charge in [-0.25, -0.2) is 0 Å². The summed E-state index contributed by atoms with van der Waals surface area (Å²) in [7, 11) is 0. The fraction of sp³-hybridized carbons (Fsp3) is 1.00. The topological polar surface area (TPSA) is 58.7 Å². The van der Waals surface area contributed by atoms with Crippen LogP contribution in [0.15, 0.2) is 0 Å². The maximum Gasteiger partial charge on any atom is 0.0936 e. The van der Waals surface area contributed by atoms with Gasteiger partial charge in [0.15, 0.2) is 0 Å². The van der Waals surface area contributed by atoms with Gasteiger partial charge < -0.3 is 15.6 Å². The number of hydrogen-bond donors (Lipinski definition) is 2. The molecule has 94 valence electrons. The van der Waals surface area contributed by atoms with E-state index in [2.05, 4.69) is 11.8 Å². The van der Waals surface area contributed by atoms with E-state index in [1.165, 1.54) is 19.3 Å². The van der Waals surface area contributed by atoms with Crippen molar-refractivity contribution in [2.24, 2.45) is 11.7 Å². The molecule has 0 amide bonds. The van der Waals surface area contributed by atoms with Crippen molar-refractivity contribution >= 4 is 0 Å². The molecule has 1 heterocycles. The standard InChI is InChI=1S/C12H24N2O2/c1-9-5-14(7-11(8-15)16-9)6-10-3-2-4-12(10)13/h9-12,15H,2-8,13H2,1H3. The lowest BCUT2D eigenvalue weighted by Crippen LogP contribution is -2.50. The number of morpholine rings is 1. The predicted molar refractivity (Wildman–Crippen MR) is 63.2 cm³/mol. The van der Waals surface area contributed by atoms with Crippen LogP contribution in [-0.4, -0.2) is 54.5 Å². The molecule has 0 bridgehead atoms. The molecule has 0 radical (unpaired) electrons. The molecule has 2 rings (SSSR count). The van der Waals surface area contributed by atoms with Crippen molar-refractivity contribution in [1.82, 2.24) is 4.90 Å². The van der Waals surface area contributed by atoms with Gasteiger partial charge in [0.25, 0.3) is 0 Å². The van der Waals surface area contributed by atoms with Gasteiger partial charge in [-0.2, -0.15) is 0 Å². The van der Waals surface area contributed by atoms with Crippen molar-refractivity contribution in [3.8, 4) is 0 Å². The number of aliphatic hydroxyl groups excluding tert-OH is 1. The van der Waals surface area contributed by atoms with Gasteiger partial charge in [-0.3, -0.25) is 4.90 Å². The van der Waals surface area contributed by atoms with Gasteiger partial charge in [0.2, 0.25) is 0 Å². The van der Waals surface area contributed by atoms with Crippen LogP contribution in [0.1, 0.15) is 26.2 Å². The van der Waals surface area contributed by atoms with Gasteiger partial charge in [0.05, 0.1) is 18.8 Å². The third kappa shape index (κ3) is 2.94. The summed E-state index contributed by atoms with van der Waals surface area (Å²) < 4.78 is 5.63. The molecule has 1 saturated heterocycles. The molecule has 3 N–H and O–H groups in total. The first kappa shape index (κ1) is 12.3. The van der Waals surface area contributed by atoms with Crippen LogP contribution < -0.4 is 5.73 Å². The molecule has 4 nitrogen and oxygen atoms in total. The smallest absolute Gasteiger partial charge is 0.0936 e. The Hall–Kier alpha value is -0.160. The van der Waals surface area contributed by atoms with Crippen molar-refractivity contribution in [2.45, 2.75) is 44.4 Å². The largest absolute Gasteiger partial charge is 0.394 e. The van der Waals surface area contributed by atoms with Crippen molar-refractivity contribution < 1.29 is 9.84 Å². The second kappa shape index (κ2) is 5.45. The van der Waals surface area contributed by atoms with Crippen LogP contribution in [0.25, 0.3) is 0 Å². The molecule has 1 aliphatic carbocycles. The SMILES string of the molecule is CC1CN(CC2CCCC2N)CC(CO)O1.